The quantitative estimate of drug-likeness (QED) is 0.839. The van der Waals surface area contributed by atoms with E-state index in [-0.39, 0.29) is 17.6 Å². The van der Waals surface area contributed by atoms with Crippen molar-refractivity contribution in [2.24, 2.45) is 11.3 Å². The third-order valence-corrected chi connectivity index (χ3v) is 4.78. The van der Waals surface area contributed by atoms with E-state index < -0.39 is 0 Å². The average molecular weight is 270 g/mol. The third kappa shape index (κ3) is 3.48. The van der Waals surface area contributed by atoms with E-state index in [2.05, 4.69) is 45.0 Å². The van der Waals surface area contributed by atoms with Crippen molar-refractivity contribution in [2.75, 3.05) is 39.9 Å². The van der Waals surface area contributed by atoms with Gasteiger partial charge in [0.15, 0.2) is 0 Å². The van der Waals surface area contributed by atoms with Crippen molar-refractivity contribution in [1.82, 2.24) is 10.2 Å². The maximum atomic E-state index is 6.14. The number of rotatable bonds is 3. The van der Waals surface area contributed by atoms with Crippen molar-refractivity contribution in [1.29, 1.82) is 0 Å². The number of nitrogens with one attached hydrogen (secondary N) is 1. The summed E-state index contributed by atoms with van der Waals surface area (Å²) >= 11 is 0. The van der Waals surface area contributed by atoms with Gasteiger partial charge >= 0.3 is 0 Å². The number of hydrogen-bond acceptors (Lipinski definition) is 4. The van der Waals surface area contributed by atoms with Crippen molar-refractivity contribution in [3.05, 3.63) is 0 Å². The average Bonchev–Trinajstić information content (AvgIpc) is 2.39. The summed E-state index contributed by atoms with van der Waals surface area (Å²) in [6.07, 6.45) is 0.493. The SMILES string of the molecule is CC(C)C1COC(C(C)(C)C2CN(C)CCO2)CN1. The zero-order valence-electron chi connectivity index (χ0n) is 13.1. The molecule has 0 bridgehead atoms. The molecular formula is C15H30N2O2. The standard InChI is InChI=1S/C15H30N2O2/c1-11(2)12-10-19-13(8-16-12)15(3,4)14-9-17(5)6-7-18-14/h11-14,16H,6-10H2,1-5H3. The maximum absolute atomic E-state index is 6.14. The van der Waals surface area contributed by atoms with Gasteiger partial charge in [0.1, 0.15) is 0 Å². The number of ether oxygens (including phenoxy) is 2. The molecule has 1 N–H and O–H groups in total. The van der Waals surface area contributed by atoms with Crippen molar-refractivity contribution in [3.8, 4) is 0 Å². The highest BCUT2D eigenvalue weighted by atomic mass is 16.5. The Morgan fingerprint density at radius 3 is 2.47 bits per heavy atom. The number of hydrogen-bond donors (Lipinski definition) is 1. The molecule has 2 saturated heterocycles. The first-order valence-corrected chi connectivity index (χ1v) is 7.56. The Balaban J connectivity index is 1.93. The predicted molar refractivity (Wildman–Crippen MR) is 77.4 cm³/mol. The lowest BCUT2D eigenvalue weighted by Gasteiger charge is -2.47. The molecule has 0 spiro atoms. The fraction of sp³-hybridized carbons (Fsp3) is 1.00. The van der Waals surface area contributed by atoms with Gasteiger partial charge in [-0.25, -0.2) is 0 Å². The molecule has 19 heavy (non-hydrogen) atoms. The highest BCUT2D eigenvalue weighted by molar-refractivity contribution is 4.94. The fourth-order valence-corrected chi connectivity index (χ4v) is 2.94. The van der Waals surface area contributed by atoms with Gasteiger partial charge < -0.3 is 19.7 Å². The Labute approximate surface area is 117 Å². The summed E-state index contributed by atoms with van der Waals surface area (Å²) in [6.45, 7) is 13.6. The van der Waals surface area contributed by atoms with Crippen LogP contribution in [0.4, 0.5) is 0 Å². The molecule has 0 aliphatic carbocycles. The van der Waals surface area contributed by atoms with E-state index in [1.807, 2.05) is 0 Å². The molecule has 0 radical (unpaired) electrons. The second kappa shape index (κ2) is 6.08. The van der Waals surface area contributed by atoms with Crippen molar-refractivity contribution >= 4 is 0 Å². The van der Waals surface area contributed by atoms with Crippen LogP contribution in [0.25, 0.3) is 0 Å². The first-order chi connectivity index (χ1) is 8.91. The molecule has 0 amide bonds. The molecule has 2 aliphatic rings. The van der Waals surface area contributed by atoms with Gasteiger partial charge in [0.2, 0.25) is 0 Å². The number of morpholine rings is 2. The van der Waals surface area contributed by atoms with Gasteiger partial charge in [0.05, 0.1) is 25.4 Å². The molecular weight excluding hydrogens is 240 g/mol. The first-order valence-electron chi connectivity index (χ1n) is 7.56. The minimum absolute atomic E-state index is 0.0453. The largest absolute Gasteiger partial charge is 0.375 e. The summed E-state index contributed by atoms with van der Waals surface area (Å²) in [5.74, 6) is 0.626. The van der Waals surface area contributed by atoms with Crippen molar-refractivity contribution < 1.29 is 9.47 Å². The summed E-state index contributed by atoms with van der Waals surface area (Å²) in [6, 6.07) is 0.488. The van der Waals surface area contributed by atoms with E-state index in [1.54, 1.807) is 0 Å². The molecule has 2 fully saturated rings. The molecule has 2 aliphatic heterocycles. The monoisotopic (exact) mass is 270 g/mol. The van der Waals surface area contributed by atoms with E-state index in [1.165, 1.54) is 0 Å². The van der Waals surface area contributed by atoms with Crippen LogP contribution in [0.15, 0.2) is 0 Å². The summed E-state index contributed by atoms with van der Waals surface area (Å²) in [5.41, 5.74) is 0.0453. The molecule has 0 saturated carbocycles. The lowest BCUT2D eigenvalue weighted by Crippen LogP contribution is -2.59. The summed E-state index contributed by atoms with van der Waals surface area (Å²) < 4.78 is 12.1. The van der Waals surface area contributed by atoms with Gasteiger partial charge in [-0.15, -0.1) is 0 Å². The van der Waals surface area contributed by atoms with E-state index in [9.17, 15) is 0 Å². The lowest BCUT2D eigenvalue weighted by atomic mass is 9.79. The van der Waals surface area contributed by atoms with Crippen LogP contribution >= 0.6 is 0 Å². The molecule has 3 atom stereocenters. The van der Waals surface area contributed by atoms with Gasteiger partial charge in [-0.3, -0.25) is 0 Å². The molecule has 0 aromatic heterocycles. The highest BCUT2D eigenvalue weighted by Gasteiger charge is 2.42. The van der Waals surface area contributed by atoms with Gasteiger partial charge in [-0.2, -0.15) is 0 Å². The first kappa shape index (κ1) is 15.2. The van der Waals surface area contributed by atoms with E-state index >= 15 is 0 Å². The summed E-state index contributed by atoms with van der Waals surface area (Å²) in [4.78, 5) is 2.35. The van der Waals surface area contributed by atoms with Crippen LogP contribution in [0, 0.1) is 11.3 Å². The van der Waals surface area contributed by atoms with Crippen molar-refractivity contribution in [3.63, 3.8) is 0 Å². The van der Waals surface area contributed by atoms with Crippen LogP contribution in [0.5, 0.6) is 0 Å². The van der Waals surface area contributed by atoms with Gasteiger partial charge in [0.25, 0.3) is 0 Å². The minimum Gasteiger partial charge on any atom is -0.375 e. The molecule has 3 unspecified atom stereocenters. The van der Waals surface area contributed by atoms with E-state index in [0.717, 1.165) is 32.8 Å². The van der Waals surface area contributed by atoms with Crippen LogP contribution in [0.3, 0.4) is 0 Å². The molecule has 112 valence electrons. The van der Waals surface area contributed by atoms with Crippen LogP contribution in [-0.2, 0) is 9.47 Å². The summed E-state index contributed by atoms with van der Waals surface area (Å²) in [7, 11) is 2.17. The molecule has 4 heteroatoms. The maximum Gasteiger partial charge on any atom is 0.0778 e. The van der Waals surface area contributed by atoms with Crippen molar-refractivity contribution in [2.45, 2.75) is 45.9 Å². The number of likely N-dealkylation sites (N-methyl/N-ethyl adjacent to an activating group) is 1. The molecule has 2 heterocycles. The second-order valence-electron chi connectivity index (χ2n) is 7.02. The van der Waals surface area contributed by atoms with Gasteiger partial charge in [0, 0.05) is 31.1 Å². The molecule has 2 rings (SSSR count). The summed E-state index contributed by atoms with van der Waals surface area (Å²) in [5, 5.41) is 3.63. The highest BCUT2D eigenvalue weighted by Crippen LogP contribution is 2.33. The molecule has 4 nitrogen and oxygen atoms in total. The Hall–Kier alpha value is -0.160. The van der Waals surface area contributed by atoms with Crippen LogP contribution in [0.1, 0.15) is 27.7 Å². The molecule has 0 aromatic rings. The lowest BCUT2D eigenvalue weighted by molar-refractivity contribution is -0.149. The minimum atomic E-state index is 0.0453. The number of nitrogens with zero attached hydrogens (tertiary/aromatic N) is 1. The van der Waals surface area contributed by atoms with E-state index in [0.29, 0.717) is 12.0 Å². The van der Waals surface area contributed by atoms with Crippen LogP contribution < -0.4 is 5.32 Å². The molecule has 0 aromatic carbocycles. The Morgan fingerprint density at radius 2 is 1.95 bits per heavy atom. The third-order valence-electron chi connectivity index (χ3n) is 4.78. The zero-order chi connectivity index (χ0) is 14.0. The van der Waals surface area contributed by atoms with Crippen LogP contribution in [-0.4, -0.2) is 63.0 Å². The predicted octanol–water partition coefficient (Wildman–Crippen LogP) is 1.36. The zero-order valence-corrected chi connectivity index (χ0v) is 13.1. The Kier molecular flexibility index (Phi) is 4.88. The smallest absolute Gasteiger partial charge is 0.0778 e. The van der Waals surface area contributed by atoms with Gasteiger partial charge in [-0.1, -0.05) is 27.7 Å². The fourth-order valence-electron chi connectivity index (χ4n) is 2.94. The normalized spacial score (nSPS) is 34.7. The van der Waals surface area contributed by atoms with Gasteiger partial charge in [-0.05, 0) is 13.0 Å². The van der Waals surface area contributed by atoms with Crippen LogP contribution in [0.2, 0.25) is 0 Å². The second-order valence-corrected chi connectivity index (χ2v) is 7.02. The Bertz CT molecular complexity index is 286. The van der Waals surface area contributed by atoms with E-state index in [4.69, 9.17) is 9.47 Å². The Morgan fingerprint density at radius 1 is 1.21 bits per heavy atom. The topological polar surface area (TPSA) is 33.7 Å².